The van der Waals surface area contributed by atoms with Crippen LogP contribution < -0.4 is 0 Å². The van der Waals surface area contributed by atoms with Gasteiger partial charge in [-0.3, -0.25) is 9.59 Å². The third-order valence-electron chi connectivity index (χ3n) is 5.37. The number of likely N-dealkylation sites (tertiary alicyclic amines) is 1. The van der Waals surface area contributed by atoms with E-state index >= 15 is 0 Å². The van der Waals surface area contributed by atoms with E-state index in [9.17, 15) is 14.7 Å². The van der Waals surface area contributed by atoms with Crippen LogP contribution in [0.5, 0.6) is 0 Å². The first-order valence-corrected chi connectivity index (χ1v) is 7.74. The minimum Gasteiger partial charge on any atom is -0.481 e. The van der Waals surface area contributed by atoms with E-state index in [1.54, 1.807) is 0 Å². The van der Waals surface area contributed by atoms with Crippen molar-refractivity contribution in [3.8, 4) is 0 Å². The van der Waals surface area contributed by atoms with Gasteiger partial charge in [-0.15, -0.1) is 0 Å². The van der Waals surface area contributed by atoms with E-state index in [0.29, 0.717) is 19.0 Å². The molecule has 2 aliphatic carbocycles. The van der Waals surface area contributed by atoms with Gasteiger partial charge >= 0.3 is 5.97 Å². The molecule has 1 saturated heterocycles. The fourth-order valence-corrected chi connectivity index (χ4v) is 3.97. The van der Waals surface area contributed by atoms with Crippen LogP contribution in [0.1, 0.15) is 29.9 Å². The van der Waals surface area contributed by atoms with Crippen molar-refractivity contribution >= 4 is 11.9 Å². The maximum absolute atomic E-state index is 12.7. The molecular weight excluding hydrogens is 266 g/mol. The second kappa shape index (κ2) is 4.58. The number of carbonyl (C=O) groups is 2. The Morgan fingerprint density at radius 3 is 2.57 bits per heavy atom. The lowest BCUT2D eigenvalue weighted by Gasteiger charge is -2.32. The zero-order chi connectivity index (χ0) is 14.6. The quantitative estimate of drug-likeness (QED) is 0.922. The second-order valence-corrected chi connectivity index (χ2v) is 6.64. The number of hydrogen-bond donors (Lipinski definition) is 1. The molecule has 1 aliphatic heterocycles. The van der Waals surface area contributed by atoms with Crippen LogP contribution in [0.3, 0.4) is 0 Å². The van der Waals surface area contributed by atoms with Gasteiger partial charge in [0.1, 0.15) is 0 Å². The number of carboxylic acids is 1. The van der Waals surface area contributed by atoms with Crippen molar-refractivity contribution in [1.29, 1.82) is 0 Å². The Kier molecular flexibility index (Phi) is 2.81. The van der Waals surface area contributed by atoms with Gasteiger partial charge in [-0.25, -0.2) is 0 Å². The van der Waals surface area contributed by atoms with E-state index in [1.807, 2.05) is 23.1 Å². The molecule has 110 valence electrons. The number of carboxylic acid groups (broad SMARTS) is 1. The van der Waals surface area contributed by atoms with Crippen molar-refractivity contribution in [2.75, 3.05) is 13.1 Å². The predicted molar refractivity (Wildman–Crippen MR) is 76.8 cm³/mol. The van der Waals surface area contributed by atoms with Crippen molar-refractivity contribution in [3.05, 3.63) is 35.4 Å². The maximum Gasteiger partial charge on any atom is 0.308 e. The summed E-state index contributed by atoms with van der Waals surface area (Å²) in [6.07, 6.45) is 3.06. The fourth-order valence-electron chi connectivity index (χ4n) is 3.97. The van der Waals surface area contributed by atoms with E-state index < -0.39 is 5.97 Å². The summed E-state index contributed by atoms with van der Waals surface area (Å²) < 4.78 is 0. The van der Waals surface area contributed by atoms with Crippen LogP contribution in [0.2, 0.25) is 0 Å². The smallest absolute Gasteiger partial charge is 0.308 e. The summed E-state index contributed by atoms with van der Waals surface area (Å²) in [5.41, 5.74) is 2.38. The highest BCUT2D eigenvalue weighted by atomic mass is 16.4. The molecule has 1 amide bonds. The van der Waals surface area contributed by atoms with Crippen LogP contribution in [-0.4, -0.2) is 35.0 Å². The fraction of sp³-hybridized carbons (Fsp3) is 0.529. The SMILES string of the molecule is O=C(O)[C@H]1CN(C(=O)C2Cc3ccccc32)C[C@@H]1C1CC1. The summed E-state index contributed by atoms with van der Waals surface area (Å²) in [5.74, 6) is -0.330. The van der Waals surface area contributed by atoms with Crippen LogP contribution >= 0.6 is 0 Å². The number of benzene rings is 1. The normalized spacial score (nSPS) is 30.7. The molecule has 1 N–H and O–H groups in total. The van der Waals surface area contributed by atoms with E-state index in [0.717, 1.165) is 24.8 Å². The third kappa shape index (κ3) is 2.04. The molecule has 0 aromatic heterocycles. The Hall–Kier alpha value is -1.84. The molecule has 2 fully saturated rings. The summed E-state index contributed by atoms with van der Waals surface area (Å²) in [6.45, 7) is 1.03. The lowest BCUT2D eigenvalue weighted by Crippen LogP contribution is -2.38. The number of amides is 1. The zero-order valence-electron chi connectivity index (χ0n) is 11.9. The predicted octanol–water partition coefficient (Wildman–Crippen LogP) is 1.90. The van der Waals surface area contributed by atoms with Crippen molar-refractivity contribution in [2.45, 2.75) is 25.2 Å². The molecule has 21 heavy (non-hydrogen) atoms. The van der Waals surface area contributed by atoms with E-state index in [2.05, 4.69) is 6.07 Å². The van der Waals surface area contributed by atoms with Gasteiger partial charge in [-0.1, -0.05) is 24.3 Å². The molecular formula is C17H19NO3. The lowest BCUT2D eigenvalue weighted by atomic mass is 9.77. The van der Waals surface area contributed by atoms with Crippen LogP contribution in [0.4, 0.5) is 0 Å². The molecule has 0 spiro atoms. The van der Waals surface area contributed by atoms with Gasteiger partial charge in [0.05, 0.1) is 11.8 Å². The average Bonchev–Trinajstić information content (AvgIpc) is 3.18. The first-order valence-electron chi connectivity index (χ1n) is 7.74. The van der Waals surface area contributed by atoms with Gasteiger partial charge in [-0.05, 0) is 42.2 Å². The Morgan fingerprint density at radius 1 is 1.14 bits per heavy atom. The second-order valence-electron chi connectivity index (χ2n) is 6.64. The number of nitrogens with zero attached hydrogens (tertiary/aromatic N) is 1. The Balaban J connectivity index is 1.50. The molecule has 1 heterocycles. The Morgan fingerprint density at radius 2 is 1.90 bits per heavy atom. The Labute approximate surface area is 123 Å². The molecule has 1 aromatic rings. The summed E-state index contributed by atoms with van der Waals surface area (Å²) in [6, 6.07) is 8.05. The van der Waals surface area contributed by atoms with Crippen molar-refractivity contribution < 1.29 is 14.7 Å². The summed E-state index contributed by atoms with van der Waals surface area (Å²) in [5, 5.41) is 9.39. The van der Waals surface area contributed by atoms with E-state index in [-0.39, 0.29) is 23.7 Å². The van der Waals surface area contributed by atoms with Gasteiger partial charge in [-0.2, -0.15) is 0 Å². The number of rotatable bonds is 3. The first kappa shape index (κ1) is 12.9. The van der Waals surface area contributed by atoms with E-state index in [4.69, 9.17) is 0 Å². The molecule has 1 unspecified atom stereocenters. The van der Waals surface area contributed by atoms with Crippen LogP contribution in [0, 0.1) is 17.8 Å². The standard InChI is InChI=1S/C17H19NO3/c19-16(13-7-11-3-1-2-4-12(11)13)18-8-14(10-5-6-10)15(9-18)17(20)21/h1-4,10,13-15H,5-9H2,(H,20,21)/t13?,14-,15+/m1/s1. The number of hydrogen-bond acceptors (Lipinski definition) is 2. The summed E-state index contributed by atoms with van der Waals surface area (Å²) >= 11 is 0. The number of carbonyl (C=O) groups excluding carboxylic acids is 1. The third-order valence-corrected chi connectivity index (χ3v) is 5.37. The van der Waals surface area contributed by atoms with Gasteiger partial charge in [0, 0.05) is 13.1 Å². The lowest BCUT2D eigenvalue weighted by molar-refractivity contribution is -0.142. The number of aliphatic carboxylic acids is 1. The summed E-state index contributed by atoms with van der Waals surface area (Å²) in [7, 11) is 0. The molecule has 0 radical (unpaired) electrons. The van der Waals surface area contributed by atoms with Gasteiger partial charge in [0.25, 0.3) is 0 Å². The minimum absolute atomic E-state index is 0.0476. The average molecular weight is 285 g/mol. The molecule has 1 saturated carbocycles. The molecule has 1 aromatic carbocycles. The highest BCUT2D eigenvalue weighted by Gasteiger charge is 2.48. The minimum atomic E-state index is -0.740. The zero-order valence-corrected chi connectivity index (χ0v) is 11.9. The van der Waals surface area contributed by atoms with Crippen molar-refractivity contribution in [3.63, 3.8) is 0 Å². The monoisotopic (exact) mass is 285 g/mol. The molecule has 3 atom stereocenters. The van der Waals surface area contributed by atoms with Crippen LogP contribution in [-0.2, 0) is 16.0 Å². The van der Waals surface area contributed by atoms with Gasteiger partial charge in [0.2, 0.25) is 5.91 Å². The molecule has 3 aliphatic rings. The van der Waals surface area contributed by atoms with Crippen molar-refractivity contribution in [2.24, 2.45) is 17.8 Å². The van der Waals surface area contributed by atoms with Gasteiger partial charge in [0.15, 0.2) is 0 Å². The van der Waals surface area contributed by atoms with Gasteiger partial charge < -0.3 is 10.0 Å². The van der Waals surface area contributed by atoms with Crippen LogP contribution in [0.15, 0.2) is 24.3 Å². The topological polar surface area (TPSA) is 57.6 Å². The van der Waals surface area contributed by atoms with Crippen molar-refractivity contribution in [1.82, 2.24) is 4.90 Å². The molecule has 4 rings (SSSR count). The molecule has 0 bridgehead atoms. The van der Waals surface area contributed by atoms with E-state index in [1.165, 1.54) is 5.56 Å². The molecule has 4 nitrogen and oxygen atoms in total. The Bertz CT molecular complexity index is 608. The molecule has 4 heteroatoms. The maximum atomic E-state index is 12.7. The number of fused-ring (bicyclic) bond motifs is 1. The highest BCUT2D eigenvalue weighted by molar-refractivity contribution is 5.88. The largest absolute Gasteiger partial charge is 0.481 e. The summed E-state index contributed by atoms with van der Waals surface area (Å²) in [4.78, 5) is 25.9. The van der Waals surface area contributed by atoms with Crippen LogP contribution in [0.25, 0.3) is 0 Å². The highest BCUT2D eigenvalue weighted by Crippen LogP contribution is 2.45. The first-order chi connectivity index (χ1) is 10.1.